The van der Waals surface area contributed by atoms with Crippen LogP contribution in [0.15, 0.2) is 22.7 Å². The van der Waals surface area contributed by atoms with Gasteiger partial charge in [0, 0.05) is 17.0 Å². The molecule has 2 aromatic rings. The normalized spacial score (nSPS) is 27.7. The number of nitrogens with one attached hydrogen (secondary N) is 1. The van der Waals surface area contributed by atoms with Crippen molar-refractivity contribution < 1.29 is 9.26 Å². The summed E-state index contributed by atoms with van der Waals surface area (Å²) in [6, 6.07) is 5.53. The summed E-state index contributed by atoms with van der Waals surface area (Å²) in [6.45, 7) is 2.82. The fraction of sp³-hybridized carbons (Fsp3) is 0.571. The Kier molecular flexibility index (Phi) is 4.93. The van der Waals surface area contributed by atoms with Gasteiger partial charge in [-0.15, -0.1) is 0 Å². The summed E-state index contributed by atoms with van der Waals surface area (Å²) in [5, 5.41) is 9.06. The molecule has 0 radical (unpaired) electrons. The van der Waals surface area contributed by atoms with E-state index >= 15 is 0 Å². The Morgan fingerprint density at radius 2 is 1.85 bits per heavy atom. The van der Waals surface area contributed by atoms with Gasteiger partial charge in [0.05, 0.1) is 22.8 Å². The zero-order valence-electron chi connectivity index (χ0n) is 15.2. The molecule has 0 amide bonds. The van der Waals surface area contributed by atoms with Crippen molar-refractivity contribution in [3.05, 3.63) is 39.6 Å². The minimum Gasteiger partial charge on any atom is -0.373 e. The number of halogens is 2. The standard InChI is InChI=1S/C21H24Cl2N2O2/c22-17-2-1-3-18(23)19(17)20-16(21(27-25-20)12-4-5-12)11-26-15-7-6-13-9-24-10-14(13)8-15/h1-3,12-15,24H,4-11H2/t13-,14+,15+/m1/s1. The molecule has 144 valence electrons. The van der Waals surface area contributed by atoms with Crippen LogP contribution in [0.25, 0.3) is 11.3 Å². The monoisotopic (exact) mass is 406 g/mol. The molecule has 0 spiro atoms. The molecule has 2 aliphatic carbocycles. The molecule has 1 N–H and O–H groups in total. The summed E-state index contributed by atoms with van der Waals surface area (Å²) in [6.07, 6.45) is 6.14. The molecule has 2 saturated carbocycles. The van der Waals surface area contributed by atoms with Crippen molar-refractivity contribution in [1.82, 2.24) is 10.5 Å². The zero-order valence-corrected chi connectivity index (χ0v) is 16.7. The van der Waals surface area contributed by atoms with Gasteiger partial charge >= 0.3 is 0 Å². The first-order valence-corrected chi connectivity index (χ1v) is 10.7. The lowest BCUT2D eigenvalue weighted by molar-refractivity contribution is -0.00496. The first kappa shape index (κ1) is 18.0. The molecular weight excluding hydrogens is 383 g/mol. The van der Waals surface area contributed by atoms with E-state index in [1.165, 1.54) is 13.0 Å². The van der Waals surface area contributed by atoms with Crippen molar-refractivity contribution in [2.45, 2.75) is 50.7 Å². The van der Waals surface area contributed by atoms with Gasteiger partial charge in [-0.3, -0.25) is 0 Å². The van der Waals surface area contributed by atoms with Crippen molar-refractivity contribution in [2.24, 2.45) is 11.8 Å². The minimum atomic E-state index is 0.308. The third-order valence-electron chi connectivity index (χ3n) is 6.33. The van der Waals surface area contributed by atoms with E-state index in [1.54, 1.807) is 0 Å². The first-order valence-electron chi connectivity index (χ1n) is 9.96. The molecule has 3 fully saturated rings. The summed E-state index contributed by atoms with van der Waals surface area (Å²) >= 11 is 12.9. The molecule has 27 heavy (non-hydrogen) atoms. The predicted molar refractivity (Wildman–Crippen MR) is 106 cm³/mol. The van der Waals surface area contributed by atoms with Crippen LogP contribution in [0.3, 0.4) is 0 Å². The molecule has 1 saturated heterocycles. The highest BCUT2D eigenvalue weighted by Crippen LogP contribution is 2.46. The van der Waals surface area contributed by atoms with Crippen LogP contribution in [0, 0.1) is 11.8 Å². The largest absolute Gasteiger partial charge is 0.373 e. The second-order valence-corrected chi connectivity index (χ2v) is 8.98. The molecule has 0 bridgehead atoms. The Hall–Kier alpha value is -1.07. The van der Waals surface area contributed by atoms with Crippen LogP contribution in [0.5, 0.6) is 0 Å². The predicted octanol–water partition coefficient (Wildman–Crippen LogP) is 5.43. The average Bonchev–Trinajstić information content (AvgIpc) is 3.25. The SMILES string of the molecule is Clc1cccc(Cl)c1-c1noc(C2CC2)c1CO[C@H]1CC[C@@H]2CNC[C@@H]2C1. The average molecular weight is 407 g/mol. The first-order chi connectivity index (χ1) is 13.2. The molecule has 5 rings (SSSR count). The van der Waals surface area contributed by atoms with E-state index in [2.05, 4.69) is 10.5 Å². The van der Waals surface area contributed by atoms with E-state index in [4.69, 9.17) is 32.5 Å². The van der Waals surface area contributed by atoms with Crippen molar-refractivity contribution in [3.63, 3.8) is 0 Å². The lowest BCUT2D eigenvalue weighted by Crippen LogP contribution is -2.28. The van der Waals surface area contributed by atoms with E-state index < -0.39 is 0 Å². The van der Waals surface area contributed by atoms with Crippen LogP contribution in [0.2, 0.25) is 10.0 Å². The Balaban J connectivity index is 1.39. The maximum atomic E-state index is 6.44. The van der Waals surface area contributed by atoms with E-state index in [9.17, 15) is 0 Å². The van der Waals surface area contributed by atoms with Gasteiger partial charge < -0.3 is 14.6 Å². The summed E-state index contributed by atoms with van der Waals surface area (Å²) in [7, 11) is 0. The smallest absolute Gasteiger partial charge is 0.145 e. The molecule has 1 aromatic heterocycles. The zero-order chi connectivity index (χ0) is 18.4. The Labute approximate surface area is 169 Å². The van der Waals surface area contributed by atoms with Crippen molar-refractivity contribution in [1.29, 1.82) is 0 Å². The third-order valence-corrected chi connectivity index (χ3v) is 6.96. The van der Waals surface area contributed by atoms with Gasteiger partial charge in [-0.1, -0.05) is 34.4 Å². The fourth-order valence-electron chi connectivity index (χ4n) is 4.66. The molecule has 3 atom stereocenters. The highest BCUT2D eigenvalue weighted by atomic mass is 35.5. The van der Waals surface area contributed by atoms with Crippen LogP contribution >= 0.6 is 23.2 Å². The van der Waals surface area contributed by atoms with Crippen LogP contribution in [0.1, 0.15) is 49.3 Å². The topological polar surface area (TPSA) is 47.3 Å². The number of nitrogens with zero attached hydrogens (tertiary/aromatic N) is 1. The van der Waals surface area contributed by atoms with Gasteiger partial charge in [0.1, 0.15) is 11.5 Å². The summed E-state index contributed by atoms with van der Waals surface area (Å²) < 4.78 is 12.1. The highest BCUT2D eigenvalue weighted by Gasteiger charge is 2.36. The lowest BCUT2D eigenvalue weighted by Gasteiger charge is -2.31. The number of hydrogen-bond donors (Lipinski definition) is 1. The van der Waals surface area contributed by atoms with Gasteiger partial charge in [0.25, 0.3) is 0 Å². The molecule has 0 unspecified atom stereocenters. The van der Waals surface area contributed by atoms with E-state index in [0.717, 1.165) is 66.6 Å². The van der Waals surface area contributed by atoms with E-state index in [-0.39, 0.29) is 0 Å². The van der Waals surface area contributed by atoms with Crippen LogP contribution in [-0.2, 0) is 11.3 Å². The van der Waals surface area contributed by atoms with Crippen LogP contribution < -0.4 is 5.32 Å². The molecule has 4 nitrogen and oxygen atoms in total. The molecule has 2 heterocycles. The second-order valence-electron chi connectivity index (χ2n) is 8.17. The minimum absolute atomic E-state index is 0.308. The maximum absolute atomic E-state index is 6.44. The van der Waals surface area contributed by atoms with Crippen LogP contribution in [-0.4, -0.2) is 24.4 Å². The van der Waals surface area contributed by atoms with Gasteiger partial charge in [-0.05, 0) is 69.2 Å². The van der Waals surface area contributed by atoms with Crippen molar-refractivity contribution in [2.75, 3.05) is 13.1 Å². The molecule has 1 aliphatic heterocycles. The fourth-order valence-corrected chi connectivity index (χ4v) is 5.23. The third kappa shape index (κ3) is 3.53. The number of aromatic nitrogens is 1. The highest BCUT2D eigenvalue weighted by molar-refractivity contribution is 6.39. The second kappa shape index (κ2) is 7.40. The summed E-state index contributed by atoms with van der Waals surface area (Å²) in [5.41, 5.74) is 2.52. The van der Waals surface area contributed by atoms with Gasteiger partial charge in [-0.2, -0.15) is 0 Å². The summed E-state index contributed by atoms with van der Waals surface area (Å²) in [5.74, 6) is 3.00. The lowest BCUT2D eigenvalue weighted by atomic mass is 9.80. The quantitative estimate of drug-likeness (QED) is 0.718. The maximum Gasteiger partial charge on any atom is 0.145 e. The van der Waals surface area contributed by atoms with E-state index in [1.807, 2.05) is 18.2 Å². The Bertz CT molecular complexity index is 813. The number of ether oxygens (including phenoxy) is 1. The molecular formula is C21H24Cl2N2O2. The molecule has 6 heteroatoms. The number of rotatable bonds is 5. The Morgan fingerprint density at radius 1 is 1.07 bits per heavy atom. The van der Waals surface area contributed by atoms with Gasteiger partial charge in [-0.25, -0.2) is 0 Å². The summed E-state index contributed by atoms with van der Waals surface area (Å²) in [4.78, 5) is 0. The van der Waals surface area contributed by atoms with E-state index in [0.29, 0.717) is 28.7 Å². The molecule has 1 aromatic carbocycles. The number of hydrogen-bond acceptors (Lipinski definition) is 4. The number of fused-ring (bicyclic) bond motifs is 1. The van der Waals surface area contributed by atoms with Gasteiger partial charge in [0.2, 0.25) is 0 Å². The molecule has 3 aliphatic rings. The van der Waals surface area contributed by atoms with Crippen molar-refractivity contribution in [3.8, 4) is 11.3 Å². The Morgan fingerprint density at radius 3 is 2.63 bits per heavy atom. The number of benzene rings is 1. The van der Waals surface area contributed by atoms with Crippen LogP contribution in [0.4, 0.5) is 0 Å². The van der Waals surface area contributed by atoms with Crippen molar-refractivity contribution >= 4 is 23.2 Å². The van der Waals surface area contributed by atoms with Gasteiger partial charge in [0.15, 0.2) is 0 Å².